The van der Waals surface area contributed by atoms with Gasteiger partial charge >= 0.3 is 0 Å². The van der Waals surface area contributed by atoms with E-state index in [0.29, 0.717) is 6.61 Å². The zero-order valence-corrected chi connectivity index (χ0v) is 9.89. The molecular formula is C9H20N2O2S. The first-order chi connectivity index (χ1) is 6.42. The summed E-state index contributed by atoms with van der Waals surface area (Å²) in [4.78, 5) is 0. The van der Waals surface area contributed by atoms with Gasteiger partial charge in [-0.1, -0.05) is 0 Å². The second kappa shape index (κ2) is 4.59. The Hall–Kier alpha value is -0.130. The Kier molecular flexibility index (Phi) is 3.92. The zero-order valence-electron chi connectivity index (χ0n) is 9.08. The maximum Gasteiger partial charge on any atom is 0.107 e. The van der Waals surface area contributed by atoms with Crippen LogP contribution in [0.1, 0.15) is 33.6 Å². The topological polar surface area (TPSA) is 62.2 Å². The Labute approximate surface area is 86.5 Å². The number of nitrogens with one attached hydrogen (secondary N) is 2. The summed E-state index contributed by atoms with van der Waals surface area (Å²) in [5.74, 6) is 0. The fourth-order valence-electron chi connectivity index (χ4n) is 1.49. The summed E-state index contributed by atoms with van der Waals surface area (Å²) in [5, 5.41) is -0.138. The van der Waals surface area contributed by atoms with Crippen LogP contribution in [0.3, 0.4) is 0 Å². The Bertz CT molecular complexity index is 275. The van der Waals surface area contributed by atoms with E-state index in [1.165, 1.54) is 0 Å². The molecule has 1 saturated heterocycles. The van der Waals surface area contributed by atoms with Crippen molar-refractivity contribution in [2.75, 3.05) is 6.61 Å². The van der Waals surface area contributed by atoms with Crippen LogP contribution in [0.15, 0.2) is 0 Å². The molecule has 4 nitrogen and oxygen atoms in total. The lowest BCUT2D eigenvalue weighted by Crippen LogP contribution is -2.43. The van der Waals surface area contributed by atoms with Crippen molar-refractivity contribution in [2.45, 2.75) is 51.0 Å². The SMILES string of the molecule is CC1CC(NS(=N)(=O)C(C)C)CCO1. The maximum absolute atomic E-state index is 11.8. The van der Waals surface area contributed by atoms with E-state index in [0.717, 1.165) is 12.8 Å². The molecule has 0 radical (unpaired) electrons. The molecule has 14 heavy (non-hydrogen) atoms. The fraction of sp³-hybridized carbons (Fsp3) is 1.00. The van der Waals surface area contributed by atoms with Crippen LogP contribution in [-0.2, 0) is 14.7 Å². The van der Waals surface area contributed by atoms with Gasteiger partial charge in [0.1, 0.15) is 9.92 Å². The number of hydrogen-bond donors (Lipinski definition) is 2. The maximum atomic E-state index is 11.8. The zero-order chi connectivity index (χ0) is 10.8. The van der Waals surface area contributed by atoms with Crippen molar-refractivity contribution >= 4 is 9.92 Å². The molecule has 0 aromatic carbocycles. The van der Waals surface area contributed by atoms with E-state index in [1.807, 2.05) is 20.8 Å². The summed E-state index contributed by atoms with van der Waals surface area (Å²) in [6, 6.07) is 0.172. The van der Waals surface area contributed by atoms with Crippen molar-refractivity contribution in [3.8, 4) is 0 Å². The van der Waals surface area contributed by atoms with Gasteiger partial charge in [-0.3, -0.25) is 0 Å². The lowest BCUT2D eigenvalue weighted by atomic mass is 10.1. The molecule has 0 aliphatic carbocycles. The lowest BCUT2D eigenvalue weighted by molar-refractivity contribution is 0.0174. The first kappa shape index (κ1) is 11.9. The minimum absolute atomic E-state index is 0.138. The van der Waals surface area contributed by atoms with E-state index >= 15 is 0 Å². The summed E-state index contributed by atoms with van der Waals surface area (Å²) in [6.45, 7) is 6.33. The van der Waals surface area contributed by atoms with Crippen LogP contribution < -0.4 is 4.72 Å². The van der Waals surface area contributed by atoms with Gasteiger partial charge in [0.05, 0.1) is 11.4 Å². The number of ether oxygens (including phenoxy) is 1. The standard InChI is InChI=1S/C9H20N2O2S/c1-7(2)14(10,12)11-9-4-5-13-8(3)6-9/h7-9H,4-6H2,1-3H3,(H2,10,11,12). The average Bonchev–Trinajstić information content (AvgIpc) is 2.02. The van der Waals surface area contributed by atoms with Gasteiger partial charge in [-0.15, -0.1) is 0 Å². The molecule has 3 atom stereocenters. The molecule has 1 aliphatic heterocycles. The van der Waals surface area contributed by atoms with Gasteiger partial charge in [0, 0.05) is 12.6 Å². The predicted octanol–water partition coefficient (Wildman–Crippen LogP) is 1.51. The molecule has 1 heterocycles. The van der Waals surface area contributed by atoms with Crippen LogP contribution in [0.2, 0.25) is 0 Å². The Morgan fingerprint density at radius 2 is 2.21 bits per heavy atom. The molecule has 5 heteroatoms. The molecule has 1 fully saturated rings. The van der Waals surface area contributed by atoms with Crippen LogP contribution in [0.25, 0.3) is 0 Å². The van der Waals surface area contributed by atoms with Crippen molar-refractivity contribution in [1.82, 2.24) is 4.72 Å². The average molecular weight is 220 g/mol. The van der Waals surface area contributed by atoms with E-state index < -0.39 is 9.92 Å². The molecule has 0 bridgehead atoms. The molecule has 0 spiro atoms. The Balaban J connectivity index is 2.52. The van der Waals surface area contributed by atoms with Crippen LogP contribution in [-0.4, -0.2) is 28.2 Å². The smallest absolute Gasteiger partial charge is 0.107 e. The minimum atomic E-state index is -2.63. The van der Waals surface area contributed by atoms with Crippen LogP contribution in [0.5, 0.6) is 0 Å². The van der Waals surface area contributed by atoms with Crippen molar-refractivity contribution in [3.63, 3.8) is 0 Å². The van der Waals surface area contributed by atoms with E-state index in [2.05, 4.69) is 4.72 Å². The number of hydrogen-bond acceptors (Lipinski definition) is 3. The highest BCUT2D eigenvalue weighted by Crippen LogP contribution is 2.15. The summed E-state index contributed by atoms with van der Waals surface area (Å²) < 4.78 is 27.8. The van der Waals surface area contributed by atoms with Gasteiger partial charge in [-0.25, -0.2) is 13.7 Å². The summed E-state index contributed by atoms with van der Waals surface area (Å²) in [5.41, 5.74) is 0. The van der Waals surface area contributed by atoms with E-state index in [4.69, 9.17) is 9.52 Å². The highest BCUT2D eigenvalue weighted by Gasteiger charge is 2.23. The largest absolute Gasteiger partial charge is 0.378 e. The van der Waals surface area contributed by atoms with Gasteiger partial charge < -0.3 is 4.74 Å². The highest BCUT2D eigenvalue weighted by molar-refractivity contribution is 7.91. The summed E-state index contributed by atoms with van der Waals surface area (Å²) >= 11 is 0. The molecule has 0 amide bonds. The van der Waals surface area contributed by atoms with E-state index in [9.17, 15) is 4.21 Å². The van der Waals surface area contributed by atoms with Crippen LogP contribution in [0.4, 0.5) is 0 Å². The molecule has 0 aromatic heterocycles. The van der Waals surface area contributed by atoms with Crippen LogP contribution in [0, 0.1) is 4.78 Å². The van der Waals surface area contributed by atoms with Crippen molar-refractivity contribution < 1.29 is 8.95 Å². The molecule has 0 aromatic rings. The molecular weight excluding hydrogens is 200 g/mol. The van der Waals surface area contributed by atoms with Gasteiger partial charge in [0.15, 0.2) is 0 Å². The van der Waals surface area contributed by atoms with Crippen molar-refractivity contribution in [2.24, 2.45) is 0 Å². The molecule has 2 N–H and O–H groups in total. The monoisotopic (exact) mass is 220 g/mol. The molecule has 3 unspecified atom stereocenters. The third kappa shape index (κ3) is 3.22. The second-order valence-corrected chi connectivity index (χ2v) is 6.55. The molecule has 1 rings (SSSR count). The fourth-order valence-corrected chi connectivity index (χ4v) is 2.47. The van der Waals surface area contributed by atoms with Gasteiger partial charge in [0.25, 0.3) is 0 Å². The van der Waals surface area contributed by atoms with E-state index in [1.54, 1.807) is 0 Å². The van der Waals surface area contributed by atoms with Crippen molar-refractivity contribution in [1.29, 1.82) is 4.78 Å². The number of rotatable bonds is 3. The second-order valence-electron chi connectivity index (χ2n) is 4.17. The predicted molar refractivity (Wildman–Crippen MR) is 57.6 cm³/mol. The normalized spacial score (nSPS) is 32.9. The van der Waals surface area contributed by atoms with Gasteiger partial charge in [-0.05, 0) is 33.6 Å². The Morgan fingerprint density at radius 3 is 2.71 bits per heavy atom. The molecule has 84 valence electrons. The Morgan fingerprint density at radius 1 is 1.57 bits per heavy atom. The highest BCUT2D eigenvalue weighted by atomic mass is 32.2. The lowest BCUT2D eigenvalue weighted by Gasteiger charge is -2.29. The van der Waals surface area contributed by atoms with Crippen molar-refractivity contribution in [3.05, 3.63) is 0 Å². The quantitative estimate of drug-likeness (QED) is 0.757. The molecule has 0 saturated carbocycles. The molecule has 1 aliphatic rings. The third-order valence-corrected chi connectivity index (χ3v) is 4.50. The third-order valence-electron chi connectivity index (χ3n) is 2.49. The first-order valence-corrected chi connectivity index (χ1v) is 6.70. The van der Waals surface area contributed by atoms with Gasteiger partial charge in [0.2, 0.25) is 0 Å². The van der Waals surface area contributed by atoms with Gasteiger partial charge in [-0.2, -0.15) is 0 Å². The van der Waals surface area contributed by atoms with E-state index in [-0.39, 0.29) is 17.4 Å². The van der Waals surface area contributed by atoms with Crippen LogP contribution >= 0.6 is 0 Å². The summed E-state index contributed by atoms with van der Waals surface area (Å²) in [6.07, 6.45) is 1.92. The first-order valence-electron chi connectivity index (χ1n) is 5.08. The minimum Gasteiger partial charge on any atom is -0.378 e. The summed E-state index contributed by atoms with van der Waals surface area (Å²) in [7, 11) is -2.63.